The second kappa shape index (κ2) is 12.4. The van der Waals surface area contributed by atoms with Gasteiger partial charge in [-0.25, -0.2) is 0 Å². The van der Waals surface area contributed by atoms with Gasteiger partial charge in [0.2, 0.25) is 5.91 Å². The Bertz CT molecular complexity index is 1120. The highest BCUT2D eigenvalue weighted by Crippen LogP contribution is 2.37. The van der Waals surface area contributed by atoms with Crippen LogP contribution in [0.1, 0.15) is 45.1 Å². The summed E-state index contributed by atoms with van der Waals surface area (Å²) in [6, 6.07) is 6.26. The third-order valence-corrected chi connectivity index (χ3v) is 6.51. The van der Waals surface area contributed by atoms with E-state index in [4.69, 9.17) is 0 Å². The maximum absolute atomic E-state index is 13.4. The molecule has 1 heterocycles. The summed E-state index contributed by atoms with van der Waals surface area (Å²) in [5.41, 5.74) is -0.702. The number of alkyl halides is 6. The van der Waals surface area contributed by atoms with Crippen molar-refractivity contribution in [3.05, 3.63) is 69.8 Å². The van der Waals surface area contributed by atoms with Gasteiger partial charge in [0, 0.05) is 51.3 Å². The molecule has 0 aliphatic carbocycles. The van der Waals surface area contributed by atoms with Gasteiger partial charge in [0.1, 0.15) is 0 Å². The maximum atomic E-state index is 13.4. The summed E-state index contributed by atoms with van der Waals surface area (Å²) in [5, 5.41) is 2.70. The molecular formula is C26H30ClF6N3O2. The van der Waals surface area contributed by atoms with Crippen molar-refractivity contribution in [2.24, 2.45) is 0 Å². The molecule has 5 nitrogen and oxygen atoms in total. The van der Waals surface area contributed by atoms with E-state index in [-0.39, 0.29) is 30.9 Å². The quantitative estimate of drug-likeness (QED) is 0.486. The van der Waals surface area contributed by atoms with Crippen molar-refractivity contribution < 1.29 is 35.9 Å². The number of hydrogen-bond acceptors (Lipinski definition) is 3. The first-order valence-corrected chi connectivity index (χ1v) is 11.8. The lowest BCUT2D eigenvalue weighted by atomic mass is 9.97. The fourth-order valence-corrected chi connectivity index (χ4v) is 4.40. The van der Waals surface area contributed by atoms with E-state index in [1.54, 1.807) is 0 Å². The molecular weight excluding hydrogens is 536 g/mol. The van der Waals surface area contributed by atoms with Gasteiger partial charge < -0.3 is 10.2 Å². The number of amides is 2. The Morgan fingerprint density at radius 2 is 1.53 bits per heavy atom. The maximum Gasteiger partial charge on any atom is 0.416 e. The molecule has 1 atom stereocenters. The molecule has 2 aromatic rings. The number of hydrogen-bond donors (Lipinski definition) is 1. The van der Waals surface area contributed by atoms with Crippen molar-refractivity contribution in [1.29, 1.82) is 0 Å². The van der Waals surface area contributed by atoms with E-state index in [0.717, 1.165) is 16.7 Å². The van der Waals surface area contributed by atoms with Crippen LogP contribution in [0.5, 0.6) is 0 Å². The lowest BCUT2D eigenvalue weighted by Gasteiger charge is -2.42. The number of piperazine rings is 1. The zero-order valence-corrected chi connectivity index (χ0v) is 22.0. The standard InChI is InChI=1S/C26H29F6N3O2.ClH/c1-16-4-5-19(10-17(16)2)11-23-15-34(7-6-33-18(3)36)8-9-35(23)24(37)20-12-21(25(27,28)29)14-22(13-20)26(30,31)32;/h4-5,10,12-14,23H,6-9,11,15H2,1-3H3,(H,33,36);1H/t23-;/m1./s1. The lowest BCUT2D eigenvalue weighted by Crippen LogP contribution is -2.56. The SMILES string of the molecule is CC(=O)NCCN1CCN(C(=O)c2cc(C(F)(F)F)cc(C(F)(F)F)c2)[C@H](Cc2ccc(C)c(C)c2)C1.Cl. The monoisotopic (exact) mass is 565 g/mol. The second-order valence-electron chi connectivity index (χ2n) is 9.35. The van der Waals surface area contributed by atoms with E-state index in [1.807, 2.05) is 36.9 Å². The molecule has 1 saturated heterocycles. The van der Waals surface area contributed by atoms with Gasteiger partial charge in [-0.3, -0.25) is 14.5 Å². The fraction of sp³-hybridized carbons (Fsp3) is 0.462. The summed E-state index contributed by atoms with van der Waals surface area (Å²) in [6.45, 7) is 6.97. The molecule has 2 amide bonds. The molecule has 0 radical (unpaired) electrons. The zero-order chi connectivity index (χ0) is 27.5. The molecule has 0 unspecified atom stereocenters. The van der Waals surface area contributed by atoms with Crippen molar-refractivity contribution in [2.45, 2.75) is 45.6 Å². The van der Waals surface area contributed by atoms with E-state index >= 15 is 0 Å². The van der Waals surface area contributed by atoms with Crippen LogP contribution in [0.25, 0.3) is 0 Å². The van der Waals surface area contributed by atoms with Crippen LogP contribution in [0.3, 0.4) is 0 Å². The average Bonchev–Trinajstić information content (AvgIpc) is 2.79. The molecule has 1 aliphatic heterocycles. The van der Waals surface area contributed by atoms with Crippen molar-refractivity contribution in [3.63, 3.8) is 0 Å². The predicted molar refractivity (Wildman–Crippen MR) is 133 cm³/mol. The van der Waals surface area contributed by atoms with E-state index in [0.29, 0.717) is 44.7 Å². The van der Waals surface area contributed by atoms with Crippen LogP contribution in [0.4, 0.5) is 26.3 Å². The number of nitrogens with zero attached hydrogens (tertiary/aromatic N) is 2. The summed E-state index contributed by atoms with van der Waals surface area (Å²) in [4.78, 5) is 28.0. The van der Waals surface area contributed by atoms with Crippen LogP contribution in [0, 0.1) is 13.8 Å². The Morgan fingerprint density at radius 1 is 0.921 bits per heavy atom. The molecule has 2 aromatic carbocycles. The Hall–Kier alpha value is -2.79. The van der Waals surface area contributed by atoms with Crippen molar-refractivity contribution >= 4 is 24.2 Å². The molecule has 0 saturated carbocycles. The van der Waals surface area contributed by atoms with Gasteiger partial charge in [0.15, 0.2) is 0 Å². The average molecular weight is 566 g/mol. The van der Waals surface area contributed by atoms with Gasteiger partial charge >= 0.3 is 12.4 Å². The lowest BCUT2D eigenvalue weighted by molar-refractivity contribution is -0.143. The number of benzene rings is 2. The van der Waals surface area contributed by atoms with Gasteiger partial charge in [-0.05, 0) is 55.2 Å². The van der Waals surface area contributed by atoms with Crippen molar-refractivity contribution in [1.82, 2.24) is 15.1 Å². The highest BCUT2D eigenvalue weighted by Gasteiger charge is 2.39. The molecule has 0 bridgehead atoms. The normalized spacial score (nSPS) is 16.7. The Morgan fingerprint density at radius 3 is 2.05 bits per heavy atom. The number of rotatable bonds is 6. The zero-order valence-electron chi connectivity index (χ0n) is 21.2. The van der Waals surface area contributed by atoms with Crippen LogP contribution in [0.2, 0.25) is 0 Å². The molecule has 0 aromatic heterocycles. The minimum absolute atomic E-state index is 0. The molecule has 1 fully saturated rings. The van der Waals surface area contributed by atoms with Crippen molar-refractivity contribution in [3.8, 4) is 0 Å². The van der Waals surface area contributed by atoms with E-state index in [2.05, 4.69) is 5.32 Å². The number of carbonyl (C=O) groups is 2. The van der Waals surface area contributed by atoms with Gasteiger partial charge in [0.25, 0.3) is 5.91 Å². The van der Waals surface area contributed by atoms with E-state index in [9.17, 15) is 35.9 Å². The first-order chi connectivity index (χ1) is 17.1. The third kappa shape index (κ3) is 8.10. The fourth-order valence-electron chi connectivity index (χ4n) is 4.40. The van der Waals surface area contributed by atoms with Crippen LogP contribution in [-0.2, 0) is 23.6 Å². The first-order valence-electron chi connectivity index (χ1n) is 11.8. The summed E-state index contributed by atoms with van der Waals surface area (Å²) >= 11 is 0. The minimum Gasteiger partial charge on any atom is -0.355 e. The Balaban J connectivity index is 0.00000507. The van der Waals surface area contributed by atoms with Gasteiger partial charge in [-0.15, -0.1) is 12.4 Å². The van der Waals surface area contributed by atoms with E-state index in [1.165, 1.54) is 11.8 Å². The summed E-state index contributed by atoms with van der Waals surface area (Å²) in [7, 11) is 0. The minimum atomic E-state index is -5.04. The highest BCUT2D eigenvalue weighted by atomic mass is 35.5. The number of carbonyl (C=O) groups excluding carboxylic acids is 2. The largest absolute Gasteiger partial charge is 0.416 e. The number of halogens is 7. The Kier molecular flexibility index (Phi) is 10.2. The van der Waals surface area contributed by atoms with Gasteiger partial charge in [0.05, 0.1) is 11.1 Å². The summed E-state index contributed by atoms with van der Waals surface area (Å²) < 4.78 is 80.2. The Labute approximate surface area is 223 Å². The molecule has 12 heteroatoms. The molecule has 0 spiro atoms. The van der Waals surface area contributed by atoms with Crippen LogP contribution in [0.15, 0.2) is 36.4 Å². The van der Waals surface area contributed by atoms with Gasteiger partial charge in [-0.2, -0.15) is 26.3 Å². The van der Waals surface area contributed by atoms with Gasteiger partial charge in [-0.1, -0.05) is 18.2 Å². The van der Waals surface area contributed by atoms with Crippen molar-refractivity contribution in [2.75, 3.05) is 32.7 Å². The first kappa shape index (κ1) is 31.4. The van der Waals surface area contributed by atoms with Crippen LogP contribution in [-0.4, -0.2) is 60.4 Å². The number of nitrogens with one attached hydrogen (secondary N) is 1. The molecule has 1 aliphatic rings. The molecule has 210 valence electrons. The summed E-state index contributed by atoms with van der Waals surface area (Å²) in [6.07, 6.45) is -9.72. The summed E-state index contributed by atoms with van der Waals surface area (Å²) in [5.74, 6) is -1.07. The number of aryl methyl sites for hydroxylation is 2. The highest BCUT2D eigenvalue weighted by molar-refractivity contribution is 5.95. The topological polar surface area (TPSA) is 52.7 Å². The molecule has 1 N–H and O–H groups in total. The predicted octanol–water partition coefficient (Wildman–Crippen LogP) is 5.27. The third-order valence-electron chi connectivity index (χ3n) is 6.51. The second-order valence-corrected chi connectivity index (χ2v) is 9.35. The van der Waals surface area contributed by atoms with Crippen LogP contribution < -0.4 is 5.32 Å². The van der Waals surface area contributed by atoms with Crippen LogP contribution >= 0.6 is 12.4 Å². The molecule has 3 rings (SSSR count). The van der Waals surface area contributed by atoms with E-state index < -0.39 is 41.0 Å². The smallest absolute Gasteiger partial charge is 0.355 e. The molecule has 38 heavy (non-hydrogen) atoms.